The number of ether oxygens (including phenoxy) is 1. The molecule has 0 amide bonds. The first kappa shape index (κ1) is 18.1. The zero-order valence-corrected chi connectivity index (χ0v) is 17.1. The van der Waals surface area contributed by atoms with E-state index in [-0.39, 0.29) is 0 Å². The second-order valence-corrected chi connectivity index (χ2v) is 8.18. The average molecular weight is 390 g/mol. The van der Waals surface area contributed by atoms with Crippen LogP contribution in [0.25, 0.3) is 5.82 Å². The Labute approximate surface area is 170 Å². The Hall–Kier alpha value is -2.93. The van der Waals surface area contributed by atoms with Gasteiger partial charge in [0.15, 0.2) is 5.82 Å². The molecule has 0 radical (unpaired) electrons. The van der Waals surface area contributed by atoms with Crippen molar-refractivity contribution in [2.45, 2.75) is 13.0 Å². The summed E-state index contributed by atoms with van der Waals surface area (Å²) in [4.78, 5) is 13.9. The minimum Gasteiger partial charge on any atom is -0.497 e. The Morgan fingerprint density at radius 1 is 1.03 bits per heavy atom. The van der Waals surface area contributed by atoms with Crippen molar-refractivity contribution in [1.82, 2.24) is 24.6 Å². The van der Waals surface area contributed by atoms with Crippen LogP contribution in [-0.4, -0.2) is 58.4 Å². The lowest BCUT2D eigenvalue weighted by molar-refractivity contribution is 0.279. The van der Waals surface area contributed by atoms with Gasteiger partial charge in [-0.05, 0) is 43.1 Å². The molecule has 5 rings (SSSR count). The molecule has 29 heavy (non-hydrogen) atoms. The minimum absolute atomic E-state index is 0.422. The Morgan fingerprint density at radius 2 is 1.83 bits per heavy atom. The fourth-order valence-corrected chi connectivity index (χ4v) is 4.92. The van der Waals surface area contributed by atoms with Gasteiger partial charge in [0, 0.05) is 43.9 Å². The van der Waals surface area contributed by atoms with Gasteiger partial charge in [0.1, 0.15) is 17.9 Å². The molecule has 2 saturated heterocycles. The highest BCUT2D eigenvalue weighted by Gasteiger charge is 2.46. The quantitative estimate of drug-likeness (QED) is 0.683. The summed E-state index contributed by atoms with van der Waals surface area (Å²) in [5.74, 6) is 3.91. The summed E-state index contributed by atoms with van der Waals surface area (Å²) in [7, 11) is 3.95. The van der Waals surface area contributed by atoms with Gasteiger partial charge in [0.25, 0.3) is 0 Å². The number of aromatic nitrogens is 4. The normalized spacial score (nSPS) is 24.1. The molecule has 0 bridgehead atoms. The van der Waals surface area contributed by atoms with Crippen molar-refractivity contribution in [3.05, 3.63) is 60.2 Å². The second kappa shape index (κ2) is 7.15. The molecule has 0 spiro atoms. The number of hydrogen-bond donors (Lipinski definition) is 0. The highest BCUT2D eigenvalue weighted by molar-refractivity contribution is 5.45. The van der Waals surface area contributed by atoms with Crippen LogP contribution in [0, 0.1) is 18.8 Å². The van der Waals surface area contributed by atoms with E-state index in [4.69, 9.17) is 4.74 Å². The third kappa shape index (κ3) is 3.25. The molecule has 4 heterocycles. The molecule has 2 fully saturated rings. The van der Waals surface area contributed by atoms with Crippen molar-refractivity contribution < 1.29 is 4.74 Å². The number of likely N-dealkylation sites (tertiary alicyclic amines) is 1. The van der Waals surface area contributed by atoms with Gasteiger partial charge in [0.05, 0.1) is 13.3 Å². The molecule has 2 aromatic heterocycles. The van der Waals surface area contributed by atoms with Gasteiger partial charge in [-0.2, -0.15) is 5.10 Å². The maximum Gasteiger partial charge on any atom is 0.158 e. The molecule has 150 valence electrons. The first-order valence-electron chi connectivity index (χ1n) is 10.0. The lowest BCUT2D eigenvalue weighted by Crippen LogP contribution is -2.29. The Kier molecular flexibility index (Phi) is 4.47. The number of benzene rings is 1. The third-order valence-corrected chi connectivity index (χ3v) is 6.26. The van der Waals surface area contributed by atoms with Crippen LogP contribution in [0.2, 0.25) is 0 Å². The largest absolute Gasteiger partial charge is 0.497 e. The van der Waals surface area contributed by atoms with E-state index in [9.17, 15) is 0 Å². The van der Waals surface area contributed by atoms with Gasteiger partial charge in [0.2, 0.25) is 0 Å². The van der Waals surface area contributed by atoms with Crippen LogP contribution in [0.4, 0.5) is 5.82 Å². The summed E-state index contributed by atoms with van der Waals surface area (Å²) in [6, 6.07) is 11.0. The molecule has 1 aromatic carbocycles. The molecule has 3 aromatic rings. The SMILES string of the molecule is COc1ccc([C@@H]2[C@@H]3CN(c4cc(-n5cc(C)cn5)ncn4)C[C@@H]3CN2C)cc1. The number of anilines is 1. The van der Waals surface area contributed by atoms with Crippen LogP contribution in [0.3, 0.4) is 0 Å². The van der Waals surface area contributed by atoms with E-state index in [1.807, 2.05) is 30.1 Å². The van der Waals surface area contributed by atoms with E-state index in [2.05, 4.69) is 56.2 Å². The highest BCUT2D eigenvalue weighted by Crippen LogP contribution is 2.45. The van der Waals surface area contributed by atoms with E-state index < -0.39 is 0 Å². The zero-order valence-electron chi connectivity index (χ0n) is 17.1. The number of rotatable bonds is 4. The molecule has 2 aliphatic rings. The molecule has 7 heteroatoms. The van der Waals surface area contributed by atoms with Crippen molar-refractivity contribution in [1.29, 1.82) is 0 Å². The Balaban J connectivity index is 1.38. The smallest absolute Gasteiger partial charge is 0.158 e. The van der Waals surface area contributed by atoms with E-state index in [1.165, 1.54) is 5.56 Å². The number of fused-ring (bicyclic) bond motifs is 1. The lowest BCUT2D eigenvalue weighted by atomic mass is 9.89. The number of nitrogens with zero attached hydrogens (tertiary/aromatic N) is 6. The summed E-state index contributed by atoms with van der Waals surface area (Å²) >= 11 is 0. The van der Waals surface area contributed by atoms with Gasteiger partial charge in [-0.25, -0.2) is 14.6 Å². The first-order valence-corrected chi connectivity index (χ1v) is 10.0. The van der Waals surface area contributed by atoms with E-state index in [0.29, 0.717) is 17.9 Å². The fourth-order valence-electron chi connectivity index (χ4n) is 4.92. The number of aryl methyl sites for hydroxylation is 1. The second-order valence-electron chi connectivity index (χ2n) is 8.18. The van der Waals surface area contributed by atoms with Crippen molar-refractivity contribution in [3.63, 3.8) is 0 Å². The predicted molar refractivity (Wildman–Crippen MR) is 111 cm³/mol. The Morgan fingerprint density at radius 3 is 2.55 bits per heavy atom. The Bertz CT molecular complexity index is 1000. The third-order valence-electron chi connectivity index (χ3n) is 6.26. The molecule has 2 aliphatic heterocycles. The minimum atomic E-state index is 0.422. The summed E-state index contributed by atoms with van der Waals surface area (Å²) in [6.07, 6.45) is 5.47. The monoisotopic (exact) mass is 390 g/mol. The topological polar surface area (TPSA) is 59.3 Å². The van der Waals surface area contributed by atoms with Crippen LogP contribution in [0.1, 0.15) is 17.2 Å². The van der Waals surface area contributed by atoms with Gasteiger partial charge < -0.3 is 9.64 Å². The average Bonchev–Trinajstić information content (AvgIpc) is 3.42. The predicted octanol–water partition coefficient (Wildman–Crippen LogP) is 2.72. The highest BCUT2D eigenvalue weighted by atomic mass is 16.5. The zero-order chi connectivity index (χ0) is 20.0. The summed E-state index contributed by atoms with van der Waals surface area (Å²) in [5.41, 5.74) is 2.48. The standard InChI is InChI=1S/C22H26N6O/c1-15-9-25-28(10-15)21-8-20(23-14-24-21)27-12-17-11-26(2)22(19(17)13-27)16-4-6-18(29-3)7-5-16/h4-10,14,17,19,22H,11-13H2,1-3H3/t17-,19+,22+/m0/s1. The van der Waals surface area contributed by atoms with Crippen LogP contribution in [0.15, 0.2) is 49.1 Å². The molecule has 7 nitrogen and oxygen atoms in total. The van der Waals surface area contributed by atoms with E-state index >= 15 is 0 Å². The molecule has 0 N–H and O–H groups in total. The molecule has 0 saturated carbocycles. The van der Waals surface area contributed by atoms with Crippen LogP contribution in [-0.2, 0) is 0 Å². The van der Waals surface area contributed by atoms with E-state index in [1.54, 1.807) is 13.4 Å². The van der Waals surface area contributed by atoms with Crippen molar-refractivity contribution in [3.8, 4) is 11.6 Å². The molecular formula is C22H26N6O. The first-order chi connectivity index (χ1) is 14.1. The van der Waals surface area contributed by atoms with Crippen molar-refractivity contribution >= 4 is 5.82 Å². The lowest BCUT2D eigenvalue weighted by Gasteiger charge is -2.27. The van der Waals surface area contributed by atoms with E-state index in [0.717, 1.165) is 42.6 Å². The van der Waals surface area contributed by atoms with Gasteiger partial charge in [-0.1, -0.05) is 12.1 Å². The summed E-state index contributed by atoms with van der Waals surface area (Å²) in [5, 5.41) is 4.38. The number of methoxy groups -OCH3 is 1. The van der Waals surface area contributed by atoms with Crippen molar-refractivity contribution in [2.24, 2.45) is 11.8 Å². The molecule has 0 aliphatic carbocycles. The molecule has 3 atom stereocenters. The maximum atomic E-state index is 5.33. The van der Waals surface area contributed by atoms with Crippen molar-refractivity contribution in [2.75, 3.05) is 38.7 Å². The maximum absolute atomic E-state index is 5.33. The fraction of sp³-hybridized carbons (Fsp3) is 0.409. The van der Waals surface area contributed by atoms with Crippen LogP contribution in [0.5, 0.6) is 5.75 Å². The number of hydrogen-bond acceptors (Lipinski definition) is 6. The van der Waals surface area contributed by atoms with Gasteiger partial charge in [-0.15, -0.1) is 0 Å². The summed E-state index contributed by atoms with van der Waals surface area (Å²) in [6.45, 7) is 5.16. The van der Waals surface area contributed by atoms with Crippen LogP contribution < -0.4 is 9.64 Å². The van der Waals surface area contributed by atoms with Crippen LogP contribution >= 0.6 is 0 Å². The van der Waals surface area contributed by atoms with Gasteiger partial charge >= 0.3 is 0 Å². The molecule has 0 unspecified atom stereocenters. The summed E-state index contributed by atoms with van der Waals surface area (Å²) < 4.78 is 7.14. The van der Waals surface area contributed by atoms with Gasteiger partial charge in [-0.3, -0.25) is 4.90 Å². The molecular weight excluding hydrogens is 364 g/mol.